The van der Waals surface area contributed by atoms with Crippen LogP contribution in [0, 0.1) is 0 Å². The minimum atomic E-state index is 0. The van der Waals surface area contributed by atoms with E-state index in [-0.39, 0.29) is 12.4 Å². The van der Waals surface area contributed by atoms with Gasteiger partial charge in [0.05, 0.1) is 0 Å². The van der Waals surface area contributed by atoms with Gasteiger partial charge in [-0.3, -0.25) is 9.80 Å². The van der Waals surface area contributed by atoms with Gasteiger partial charge in [0.25, 0.3) is 0 Å². The van der Waals surface area contributed by atoms with Crippen LogP contribution in [0.2, 0.25) is 0 Å². The van der Waals surface area contributed by atoms with E-state index in [1.165, 1.54) is 51.6 Å². The molecule has 2 saturated heterocycles. The van der Waals surface area contributed by atoms with Crippen LogP contribution in [0.4, 0.5) is 0 Å². The normalized spacial score (nSPS) is 36.6. The molecule has 2 fully saturated rings. The molecule has 2 aliphatic heterocycles. The summed E-state index contributed by atoms with van der Waals surface area (Å²) in [5, 5.41) is 0. The number of likely N-dealkylation sites (tertiary alicyclic amines) is 2. The Balaban J connectivity index is 0.00000180. The molecule has 2 nitrogen and oxygen atoms in total. The van der Waals surface area contributed by atoms with E-state index in [2.05, 4.69) is 37.5 Å². The molecular formula is C16H33ClN2. The van der Waals surface area contributed by atoms with Crippen LogP contribution in [0.1, 0.15) is 66.2 Å². The summed E-state index contributed by atoms with van der Waals surface area (Å²) in [6, 6.07) is 3.29. The van der Waals surface area contributed by atoms with Crippen molar-refractivity contribution < 1.29 is 0 Å². The van der Waals surface area contributed by atoms with Gasteiger partial charge >= 0.3 is 0 Å². The van der Waals surface area contributed by atoms with Crippen molar-refractivity contribution in [3.8, 4) is 0 Å². The van der Waals surface area contributed by atoms with Gasteiger partial charge in [-0.2, -0.15) is 0 Å². The second-order valence-electron chi connectivity index (χ2n) is 6.73. The zero-order chi connectivity index (χ0) is 13.1. The summed E-state index contributed by atoms with van der Waals surface area (Å²) < 4.78 is 0. The topological polar surface area (TPSA) is 6.48 Å². The highest BCUT2D eigenvalue weighted by Gasteiger charge is 2.28. The Morgan fingerprint density at radius 2 is 0.895 bits per heavy atom. The van der Waals surface area contributed by atoms with E-state index in [0.29, 0.717) is 0 Å². The van der Waals surface area contributed by atoms with Crippen molar-refractivity contribution in [3.63, 3.8) is 0 Å². The minimum Gasteiger partial charge on any atom is -0.298 e. The van der Waals surface area contributed by atoms with Crippen LogP contribution in [-0.4, -0.2) is 47.1 Å². The van der Waals surface area contributed by atoms with E-state index in [4.69, 9.17) is 0 Å². The fourth-order valence-electron chi connectivity index (χ4n) is 3.97. The van der Waals surface area contributed by atoms with Gasteiger partial charge in [-0.25, -0.2) is 0 Å². The third-order valence-electron chi connectivity index (χ3n) is 5.35. The second kappa shape index (κ2) is 7.85. The summed E-state index contributed by atoms with van der Waals surface area (Å²) in [7, 11) is 0. The van der Waals surface area contributed by atoms with Gasteiger partial charge in [0, 0.05) is 24.2 Å². The smallest absolute Gasteiger partial charge is 0.00703 e. The van der Waals surface area contributed by atoms with Gasteiger partial charge in [0.2, 0.25) is 0 Å². The summed E-state index contributed by atoms with van der Waals surface area (Å²) in [6.45, 7) is 12.2. The lowest BCUT2D eigenvalue weighted by Crippen LogP contribution is -2.36. The quantitative estimate of drug-likeness (QED) is 0.707. The fourth-order valence-corrected chi connectivity index (χ4v) is 3.97. The molecule has 0 aliphatic carbocycles. The number of hydrogen-bond acceptors (Lipinski definition) is 2. The zero-order valence-corrected chi connectivity index (χ0v) is 14.1. The molecule has 4 unspecified atom stereocenters. The van der Waals surface area contributed by atoms with E-state index in [9.17, 15) is 0 Å². The molecule has 0 aromatic carbocycles. The molecule has 0 aromatic heterocycles. The van der Waals surface area contributed by atoms with Crippen molar-refractivity contribution in [1.29, 1.82) is 0 Å². The molecule has 0 saturated carbocycles. The average Bonchev–Trinajstić information content (AvgIpc) is 2.82. The zero-order valence-electron chi connectivity index (χ0n) is 13.3. The van der Waals surface area contributed by atoms with Crippen molar-refractivity contribution in [2.24, 2.45) is 0 Å². The van der Waals surface area contributed by atoms with Crippen molar-refractivity contribution >= 4 is 12.4 Å². The van der Waals surface area contributed by atoms with E-state index in [0.717, 1.165) is 24.2 Å². The fraction of sp³-hybridized carbons (Fsp3) is 1.00. The van der Waals surface area contributed by atoms with Crippen molar-refractivity contribution in [2.75, 3.05) is 13.1 Å². The molecule has 2 rings (SSSR count). The Morgan fingerprint density at radius 3 is 1.16 bits per heavy atom. The maximum Gasteiger partial charge on any atom is 0.00703 e. The predicted molar refractivity (Wildman–Crippen MR) is 86.2 cm³/mol. The van der Waals surface area contributed by atoms with Gasteiger partial charge in [-0.15, -0.1) is 12.4 Å². The first kappa shape index (κ1) is 17.3. The molecule has 2 aliphatic rings. The molecule has 2 heterocycles. The molecule has 4 atom stereocenters. The Kier molecular flexibility index (Phi) is 7.13. The number of hydrogen-bond donors (Lipinski definition) is 0. The van der Waals surface area contributed by atoms with Gasteiger partial charge in [-0.05, 0) is 79.3 Å². The van der Waals surface area contributed by atoms with Gasteiger partial charge in [0.1, 0.15) is 0 Å². The molecule has 114 valence electrons. The van der Waals surface area contributed by atoms with Crippen LogP contribution in [0.15, 0.2) is 0 Å². The summed E-state index contributed by atoms with van der Waals surface area (Å²) in [6.07, 6.45) is 8.38. The molecule has 0 N–H and O–H groups in total. The molecule has 0 radical (unpaired) electrons. The molecule has 0 amide bonds. The summed E-state index contributed by atoms with van der Waals surface area (Å²) >= 11 is 0. The Hall–Kier alpha value is 0.210. The van der Waals surface area contributed by atoms with Crippen molar-refractivity contribution in [2.45, 2.75) is 90.4 Å². The van der Waals surface area contributed by atoms with Crippen LogP contribution in [-0.2, 0) is 0 Å². The van der Waals surface area contributed by atoms with Crippen molar-refractivity contribution in [1.82, 2.24) is 9.80 Å². The number of nitrogens with zero attached hydrogens (tertiary/aromatic N) is 2. The van der Waals surface area contributed by atoms with Gasteiger partial charge < -0.3 is 0 Å². The third-order valence-corrected chi connectivity index (χ3v) is 5.35. The lowest BCUT2D eigenvalue weighted by molar-refractivity contribution is 0.185. The van der Waals surface area contributed by atoms with Gasteiger partial charge in [0.15, 0.2) is 0 Å². The standard InChI is InChI=1S/C16H32N2.ClH/c1-13-7-8-14(2)17(13)11-5-6-12-18-15(3)9-10-16(18)4;/h13-16H,5-12H2,1-4H3;1H. The van der Waals surface area contributed by atoms with E-state index < -0.39 is 0 Å². The highest BCUT2D eigenvalue weighted by Crippen LogP contribution is 2.25. The third kappa shape index (κ3) is 4.34. The number of rotatable bonds is 5. The summed E-state index contributed by atoms with van der Waals surface area (Å²) in [4.78, 5) is 5.44. The largest absolute Gasteiger partial charge is 0.298 e. The maximum atomic E-state index is 2.72. The van der Waals surface area contributed by atoms with Crippen LogP contribution in [0.5, 0.6) is 0 Å². The van der Waals surface area contributed by atoms with E-state index >= 15 is 0 Å². The highest BCUT2D eigenvalue weighted by atomic mass is 35.5. The van der Waals surface area contributed by atoms with Gasteiger partial charge in [-0.1, -0.05) is 0 Å². The minimum absolute atomic E-state index is 0. The summed E-state index contributed by atoms with van der Waals surface area (Å²) in [5.41, 5.74) is 0. The Morgan fingerprint density at radius 1 is 0.632 bits per heavy atom. The maximum absolute atomic E-state index is 2.72. The predicted octanol–water partition coefficient (Wildman–Crippen LogP) is 3.93. The average molecular weight is 289 g/mol. The molecular weight excluding hydrogens is 256 g/mol. The van der Waals surface area contributed by atoms with Crippen LogP contribution in [0.25, 0.3) is 0 Å². The molecule has 19 heavy (non-hydrogen) atoms. The lowest BCUT2D eigenvalue weighted by atomic mass is 10.2. The van der Waals surface area contributed by atoms with Crippen molar-refractivity contribution in [3.05, 3.63) is 0 Å². The van der Waals surface area contributed by atoms with Crippen LogP contribution in [0.3, 0.4) is 0 Å². The first-order valence-electron chi connectivity index (χ1n) is 8.11. The molecule has 0 spiro atoms. The first-order chi connectivity index (χ1) is 8.59. The Bertz CT molecular complexity index is 213. The first-order valence-corrected chi connectivity index (χ1v) is 8.11. The molecule has 3 heteroatoms. The molecule has 0 aromatic rings. The van der Waals surface area contributed by atoms with E-state index in [1.807, 2.05) is 0 Å². The molecule has 0 bridgehead atoms. The number of unbranched alkanes of at least 4 members (excludes halogenated alkanes) is 1. The second-order valence-corrected chi connectivity index (χ2v) is 6.73. The Labute approximate surface area is 126 Å². The summed E-state index contributed by atoms with van der Waals surface area (Å²) in [5.74, 6) is 0. The SMILES string of the molecule is CC1CCC(C)N1CCCCN1C(C)CCC1C.Cl. The lowest BCUT2D eigenvalue weighted by Gasteiger charge is -2.28. The van der Waals surface area contributed by atoms with Crippen LogP contribution >= 0.6 is 12.4 Å². The monoisotopic (exact) mass is 288 g/mol. The highest BCUT2D eigenvalue weighted by molar-refractivity contribution is 5.85. The van der Waals surface area contributed by atoms with Crippen LogP contribution < -0.4 is 0 Å². The number of halogens is 1. The van der Waals surface area contributed by atoms with E-state index in [1.54, 1.807) is 0 Å².